The summed E-state index contributed by atoms with van der Waals surface area (Å²) in [6, 6.07) is 2.18. The molecule has 0 aliphatic carbocycles. The van der Waals surface area contributed by atoms with Crippen molar-refractivity contribution in [1.82, 2.24) is 10.3 Å². The van der Waals surface area contributed by atoms with Crippen LogP contribution in [0.1, 0.15) is 27.0 Å². The molecule has 6 nitrogen and oxygen atoms in total. The second-order valence-corrected chi connectivity index (χ2v) is 6.34. The molecule has 20 heavy (non-hydrogen) atoms. The summed E-state index contributed by atoms with van der Waals surface area (Å²) in [5.41, 5.74) is 3.28. The largest absolute Gasteiger partial charge is 0.394 e. The molecule has 0 aromatic carbocycles. The van der Waals surface area contributed by atoms with E-state index in [1.54, 1.807) is 0 Å². The zero-order valence-electron chi connectivity index (χ0n) is 11.8. The van der Waals surface area contributed by atoms with Crippen LogP contribution in [0.15, 0.2) is 6.07 Å². The average Bonchev–Trinajstić information content (AvgIpc) is 2.81. The topological polar surface area (TPSA) is 87.8 Å². The lowest BCUT2D eigenvalue weighted by molar-refractivity contribution is -0.0805. The van der Waals surface area contributed by atoms with Crippen molar-refractivity contribution in [3.05, 3.63) is 21.4 Å². The van der Waals surface area contributed by atoms with Gasteiger partial charge in [0.05, 0.1) is 24.2 Å². The molecule has 2 rings (SSSR count). The van der Waals surface area contributed by atoms with Crippen LogP contribution in [-0.2, 0) is 11.3 Å². The molecular formula is C13H21N3O3S. The molecule has 1 aliphatic rings. The fourth-order valence-corrected chi connectivity index (χ4v) is 3.22. The van der Waals surface area contributed by atoms with Gasteiger partial charge in [-0.2, -0.15) is 0 Å². The molecule has 2 unspecified atom stereocenters. The number of aliphatic hydroxyl groups excluding tert-OH is 1. The van der Waals surface area contributed by atoms with Gasteiger partial charge in [0, 0.05) is 24.0 Å². The fraction of sp³-hybridized carbons (Fsp3) is 0.615. The summed E-state index contributed by atoms with van der Waals surface area (Å²) in [5.74, 6) is 4.90. The van der Waals surface area contributed by atoms with Crippen molar-refractivity contribution >= 4 is 17.2 Å². The molecule has 7 heteroatoms. The number of aliphatic hydroxyl groups is 1. The molecule has 1 fully saturated rings. The van der Waals surface area contributed by atoms with Crippen molar-refractivity contribution < 1.29 is 14.6 Å². The predicted molar refractivity (Wildman–Crippen MR) is 77.4 cm³/mol. The molecule has 1 aromatic heterocycles. The van der Waals surface area contributed by atoms with Crippen molar-refractivity contribution in [3.8, 4) is 0 Å². The van der Waals surface area contributed by atoms with Crippen molar-refractivity contribution in [2.45, 2.75) is 32.5 Å². The molecule has 0 saturated carbocycles. The minimum absolute atomic E-state index is 0.0344. The highest BCUT2D eigenvalue weighted by Crippen LogP contribution is 2.24. The van der Waals surface area contributed by atoms with E-state index in [1.807, 2.05) is 13.0 Å². The van der Waals surface area contributed by atoms with Gasteiger partial charge < -0.3 is 9.84 Å². The lowest BCUT2D eigenvalue weighted by Gasteiger charge is -2.37. The standard InChI is InChI=1S/C13H21N3O3S/c1-8-7-19-11(6-17)5-16(8)4-10-3-12(13(18)15-14)20-9(10)2/h3,8,11,17H,4-7,14H2,1-2H3,(H,15,18). The third kappa shape index (κ3) is 3.36. The van der Waals surface area contributed by atoms with E-state index in [9.17, 15) is 9.90 Å². The molecular weight excluding hydrogens is 278 g/mol. The van der Waals surface area contributed by atoms with E-state index in [4.69, 9.17) is 10.6 Å². The number of hydrogen-bond donors (Lipinski definition) is 3. The number of aryl methyl sites for hydroxylation is 1. The first-order valence-electron chi connectivity index (χ1n) is 6.62. The third-order valence-corrected chi connectivity index (χ3v) is 4.68. The highest BCUT2D eigenvalue weighted by molar-refractivity contribution is 7.14. The zero-order chi connectivity index (χ0) is 14.7. The summed E-state index contributed by atoms with van der Waals surface area (Å²) in [7, 11) is 0. The fourth-order valence-electron chi connectivity index (χ4n) is 2.28. The first-order valence-corrected chi connectivity index (χ1v) is 7.43. The number of rotatable bonds is 4. The van der Waals surface area contributed by atoms with Gasteiger partial charge in [0.25, 0.3) is 5.91 Å². The van der Waals surface area contributed by atoms with Crippen LogP contribution < -0.4 is 11.3 Å². The van der Waals surface area contributed by atoms with Gasteiger partial charge in [-0.3, -0.25) is 15.1 Å². The second kappa shape index (κ2) is 6.64. The summed E-state index contributed by atoms with van der Waals surface area (Å²) in [6.45, 7) is 6.20. The number of nitrogen functional groups attached to an aromatic ring is 1. The molecule has 1 amide bonds. The Balaban J connectivity index is 2.08. The van der Waals surface area contributed by atoms with Gasteiger partial charge in [-0.15, -0.1) is 11.3 Å². The molecule has 0 spiro atoms. The number of nitrogens with one attached hydrogen (secondary N) is 1. The van der Waals surface area contributed by atoms with E-state index in [1.165, 1.54) is 11.3 Å². The second-order valence-electron chi connectivity index (χ2n) is 5.08. The van der Waals surface area contributed by atoms with Gasteiger partial charge in [0.1, 0.15) is 0 Å². The molecule has 0 bridgehead atoms. The Hall–Kier alpha value is -0.990. The Morgan fingerprint density at radius 1 is 1.70 bits per heavy atom. The molecule has 2 atom stereocenters. The van der Waals surface area contributed by atoms with Crippen LogP contribution in [0.3, 0.4) is 0 Å². The zero-order valence-corrected chi connectivity index (χ0v) is 12.6. The van der Waals surface area contributed by atoms with Crippen molar-refractivity contribution in [1.29, 1.82) is 0 Å². The Kier molecular flexibility index (Phi) is 5.11. The number of ether oxygens (including phenoxy) is 1. The third-order valence-electron chi connectivity index (χ3n) is 3.59. The van der Waals surface area contributed by atoms with Crippen LogP contribution in [0.25, 0.3) is 0 Å². The van der Waals surface area contributed by atoms with E-state index < -0.39 is 0 Å². The number of nitrogens with two attached hydrogens (primary N) is 1. The molecule has 1 aromatic rings. The van der Waals surface area contributed by atoms with E-state index in [0.717, 1.165) is 17.0 Å². The van der Waals surface area contributed by atoms with Gasteiger partial charge in [-0.25, -0.2) is 5.84 Å². The quantitative estimate of drug-likeness (QED) is 0.421. The van der Waals surface area contributed by atoms with Crippen LogP contribution in [-0.4, -0.2) is 47.8 Å². The number of carbonyl (C=O) groups is 1. The number of carbonyl (C=O) groups excluding carboxylic acids is 1. The first-order chi connectivity index (χ1) is 9.55. The lowest BCUT2D eigenvalue weighted by Crippen LogP contribution is -2.48. The number of nitrogens with zero attached hydrogens (tertiary/aromatic N) is 1. The number of hydrazine groups is 1. The van der Waals surface area contributed by atoms with E-state index in [0.29, 0.717) is 24.1 Å². The Labute approximate surface area is 122 Å². The van der Waals surface area contributed by atoms with Crippen LogP contribution in [0.5, 0.6) is 0 Å². The lowest BCUT2D eigenvalue weighted by atomic mass is 10.1. The molecule has 2 heterocycles. The van der Waals surface area contributed by atoms with Gasteiger partial charge in [0.15, 0.2) is 0 Å². The van der Waals surface area contributed by atoms with Crippen LogP contribution in [0, 0.1) is 6.92 Å². The number of hydrogen-bond acceptors (Lipinski definition) is 6. The SMILES string of the molecule is Cc1sc(C(=O)NN)cc1CN1CC(CO)OCC1C. The minimum atomic E-state index is -0.257. The van der Waals surface area contributed by atoms with Gasteiger partial charge in [-0.1, -0.05) is 0 Å². The van der Waals surface area contributed by atoms with E-state index in [-0.39, 0.29) is 18.6 Å². The van der Waals surface area contributed by atoms with Crippen LogP contribution in [0.4, 0.5) is 0 Å². The first kappa shape index (κ1) is 15.4. The van der Waals surface area contributed by atoms with Gasteiger partial charge in [0.2, 0.25) is 0 Å². The summed E-state index contributed by atoms with van der Waals surface area (Å²) in [6.07, 6.45) is -0.128. The van der Waals surface area contributed by atoms with Crippen molar-refractivity contribution in [2.75, 3.05) is 19.8 Å². The maximum Gasteiger partial charge on any atom is 0.275 e. The normalized spacial score (nSPS) is 23.8. The van der Waals surface area contributed by atoms with E-state index >= 15 is 0 Å². The minimum Gasteiger partial charge on any atom is -0.394 e. The Morgan fingerprint density at radius 3 is 3.10 bits per heavy atom. The molecule has 1 aliphatic heterocycles. The molecule has 112 valence electrons. The van der Waals surface area contributed by atoms with E-state index in [2.05, 4.69) is 17.2 Å². The average molecular weight is 299 g/mol. The van der Waals surface area contributed by atoms with Crippen molar-refractivity contribution in [3.63, 3.8) is 0 Å². The Morgan fingerprint density at radius 2 is 2.45 bits per heavy atom. The molecule has 0 radical (unpaired) electrons. The smallest absolute Gasteiger partial charge is 0.275 e. The van der Waals surface area contributed by atoms with Crippen LogP contribution >= 0.6 is 11.3 Å². The molecule has 4 N–H and O–H groups in total. The number of amides is 1. The monoisotopic (exact) mass is 299 g/mol. The Bertz CT molecular complexity index is 477. The highest BCUT2D eigenvalue weighted by Gasteiger charge is 2.26. The molecule has 1 saturated heterocycles. The summed E-state index contributed by atoms with van der Waals surface area (Å²) in [4.78, 5) is 15.5. The summed E-state index contributed by atoms with van der Waals surface area (Å²) >= 11 is 1.44. The summed E-state index contributed by atoms with van der Waals surface area (Å²) < 4.78 is 5.53. The summed E-state index contributed by atoms with van der Waals surface area (Å²) in [5, 5.41) is 9.21. The van der Waals surface area contributed by atoms with Crippen LogP contribution in [0.2, 0.25) is 0 Å². The maximum absolute atomic E-state index is 11.5. The number of thiophene rings is 1. The predicted octanol–water partition coefficient (Wildman–Crippen LogP) is 0.242. The highest BCUT2D eigenvalue weighted by atomic mass is 32.1. The number of morpholine rings is 1. The maximum atomic E-state index is 11.5. The van der Waals surface area contributed by atoms with Gasteiger partial charge >= 0.3 is 0 Å². The van der Waals surface area contributed by atoms with Crippen molar-refractivity contribution in [2.24, 2.45) is 5.84 Å². The van der Waals surface area contributed by atoms with Gasteiger partial charge in [-0.05, 0) is 25.5 Å².